The molecule has 0 saturated carbocycles. The van der Waals surface area contributed by atoms with Crippen LogP contribution in [0.15, 0.2) is 71.3 Å². The van der Waals surface area contributed by atoms with E-state index in [9.17, 15) is 28.0 Å². The zero-order valence-electron chi connectivity index (χ0n) is 14.6. The van der Waals surface area contributed by atoms with Gasteiger partial charge in [-0.25, -0.2) is 0 Å². The number of nitrogens with two attached hydrogens (primary N) is 1. The Morgan fingerprint density at radius 3 is 2.28 bits per heavy atom. The maximum atomic E-state index is 13.2. The van der Waals surface area contributed by atoms with E-state index in [2.05, 4.69) is 0 Å². The van der Waals surface area contributed by atoms with E-state index >= 15 is 0 Å². The van der Waals surface area contributed by atoms with Crippen molar-refractivity contribution in [3.63, 3.8) is 0 Å². The van der Waals surface area contributed by atoms with Gasteiger partial charge in [-0.3, -0.25) is 9.59 Å². The lowest BCUT2D eigenvalue weighted by Crippen LogP contribution is -2.32. The highest BCUT2D eigenvalue weighted by molar-refractivity contribution is 6.27. The van der Waals surface area contributed by atoms with E-state index in [0.29, 0.717) is 0 Å². The number of allylic oxidation sites excluding steroid dienone is 3. The zero-order valence-corrected chi connectivity index (χ0v) is 14.6. The molecule has 4 rings (SSSR count). The molecule has 0 bridgehead atoms. The molecule has 29 heavy (non-hydrogen) atoms. The zero-order chi connectivity index (χ0) is 20.9. The average Bonchev–Trinajstić information content (AvgIpc) is 2.70. The fraction of sp³-hybridized carbons (Fsp3) is 0.0952. The Kier molecular flexibility index (Phi) is 4.05. The van der Waals surface area contributed by atoms with Gasteiger partial charge >= 0.3 is 6.18 Å². The lowest BCUT2D eigenvalue weighted by molar-refractivity contribution is -0.137. The number of halogens is 3. The third-order valence-electron chi connectivity index (χ3n) is 4.83. The molecule has 0 aromatic heterocycles. The molecule has 5 nitrogen and oxygen atoms in total. The Hall–Kier alpha value is -3.86. The van der Waals surface area contributed by atoms with Crippen LogP contribution in [0.25, 0.3) is 0 Å². The quantitative estimate of drug-likeness (QED) is 0.790. The molecule has 1 aliphatic heterocycles. The van der Waals surface area contributed by atoms with Crippen LogP contribution in [0.1, 0.15) is 37.8 Å². The van der Waals surface area contributed by atoms with Crippen molar-refractivity contribution in [2.24, 2.45) is 5.73 Å². The molecule has 2 N–H and O–H groups in total. The Labute approximate surface area is 162 Å². The molecule has 0 saturated heterocycles. The molecule has 0 radical (unpaired) electrons. The number of carbonyl (C=O) groups is 2. The maximum Gasteiger partial charge on any atom is 0.416 e. The summed E-state index contributed by atoms with van der Waals surface area (Å²) >= 11 is 0. The minimum atomic E-state index is -4.63. The van der Waals surface area contributed by atoms with Crippen LogP contribution < -0.4 is 5.73 Å². The molecule has 2 aromatic carbocycles. The predicted octanol–water partition coefficient (Wildman–Crippen LogP) is 3.85. The molecule has 1 atom stereocenters. The van der Waals surface area contributed by atoms with E-state index < -0.39 is 35.1 Å². The van der Waals surface area contributed by atoms with Gasteiger partial charge in [-0.2, -0.15) is 18.4 Å². The average molecular weight is 396 g/mol. The SMILES string of the molecule is N#CC1=C(N)OC2=C(C(=O)c3ccccc3C2=O)C1c1cccc(C(F)(F)F)c1. The number of Topliss-reactive ketones (excluding diaryl/α,β-unsaturated/α-hetero) is 2. The fourth-order valence-corrected chi connectivity index (χ4v) is 3.53. The molecule has 0 spiro atoms. The molecule has 8 heteroatoms. The largest absolute Gasteiger partial charge is 0.436 e. The summed E-state index contributed by atoms with van der Waals surface area (Å²) < 4.78 is 44.9. The van der Waals surface area contributed by atoms with Gasteiger partial charge in [0.25, 0.3) is 0 Å². The van der Waals surface area contributed by atoms with Crippen LogP contribution in [0.4, 0.5) is 13.2 Å². The van der Waals surface area contributed by atoms with E-state index in [1.807, 2.05) is 0 Å². The minimum absolute atomic E-state index is 0.00987. The number of hydrogen-bond acceptors (Lipinski definition) is 5. The van der Waals surface area contributed by atoms with Crippen LogP contribution >= 0.6 is 0 Å². The highest BCUT2D eigenvalue weighted by atomic mass is 19.4. The van der Waals surface area contributed by atoms with Crippen molar-refractivity contribution >= 4 is 11.6 Å². The summed E-state index contributed by atoms with van der Waals surface area (Å²) in [5.74, 6) is -3.26. The number of carbonyl (C=O) groups excluding carboxylic acids is 2. The number of fused-ring (bicyclic) bond motifs is 1. The van der Waals surface area contributed by atoms with Crippen LogP contribution in [-0.2, 0) is 10.9 Å². The third kappa shape index (κ3) is 2.79. The normalized spacial score (nSPS) is 18.8. The topological polar surface area (TPSA) is 93.2 Å². The van der Waals surface area contributed by atoms with Gasteiger partial charge in [0.2, 0.25) is 11.7 Å². The van der Waals surface area contributed by atoms with Gasteiger partial charge in [-0.1, -0.05) is 42.5 Å². The Morgan fingerprint density at radius 2 is 1.66 bits per heavy atom. The molecule has 2 aliphatic rings. The molecule has 2 aromatic rings. The van der Waals surface area contributed by atoms with Gasteiger partial charge in [0.15, 0.2) is 11.5 Å². The first-order valence-electron chi connectivity index (χ1n) is 8.41. The smallest absolute Gasteiger partial charge is 0.416 e. The van der Waals surface area contributed by atoms with Crippen molar-refractivity contribution in [2.45, 2.75) is 12.1 Å². The summed E-state index contributed by atoms with van der Waals surface area (Å²) in [5, 5.41) is 9.55. The first-order valence-corrected chi connectivity index (χ1v) is 8.41. The number of benzene rings is 2. The Bertz CT molecular complexity index is 1190. The highest BCUT2D eigenvalue weighted by Crippen LogP contribution is 2.44. The summed E-state index contributed by atoms with van der Waals surface area (Å²) in [5.41, 5.74) is 4.62. The first kappa shape index (κ1) is 18.5. The number of hydrogen-bond donors (Lipinski definition) is 1. The fourth-order valence-electron chi connectivity index (χ4n) is 3.53. The first-order chi connectivity index (χ1) is 13.7. The summed E-state index contributed by atoms with van der Waals surface area (Å²) in [6.45, 7) is 0. The summed E-state index contributed by atoms with van der Waals surface area (Å²) in [7, 11) is 0. The van der Waals surface area contributed by atoms with Crippen molar-refractivity contribution in [3.05, 3.63) is 93.6 Å². The van der Waals surface area contributed by atoms with Crippen LogP contribution in [0.3, 0.4) is 0 Å². The number of ether oxygens (including phenoxy) is 1. The standard InChI is InChI=1S/C21H11F3N2O3/c22-21(23,24)11-5-3-4-10(8-11)15-14(9-25)20(26)29-19-16(15)17(27)12-6-1-2-7-13(12)18(19)28/h1-8,15H,26H2. The van der Waals surface area contributed by atoms with Crippen molar-refractivity contribution in [3.8, 4) is 6.07 Å². The predicted molar refractivity (Wildman–Crippen MR) is 94.2 cm³/mol. The van der Waals surface area contributed by atoms with Gasteiger partial charge in [0.05, 0.1) is 17.1 Å². The lowest BCUT2D eigenvalue weighted by Gasteiger charge is -2.31. The Morgan fingerprint density at radius 1 is 1.00 bits per heavy atom. The van der Waals surface area contributed by atoms with E-state index in [4.69, 9.17) is 10.5 Å². The van der Waals surface area contributed by atoms with Crippen LogP contribution in [-0.4, -0.2) is 11.6 Å². The second-order valence-corrected chi connectivity index (χ2v) is 6.49. The van der Waals surface area contributed by atoms with Crippen molar-refractivity contribution in [1.29, 1.82) is 5.26 Å². The van der Waals surface area contributed by atoms with Gasteiger partial charge < -0.3 is 10.5 Å². The molecule has 144 valence electrons. The van der Waals surface area contributed by atoms with E-state index in [1.165, 1.54) is 24.3 Å². The van der Waals surface area contributed by atoms with Crippen LogP contribution in [0.5, 0.6) is 0 Å². The number of nitrogens with zero attached hydrogens (tertiary/aromatic N) is 1. The molecule has 1 unspecified atom stereocenters. The Balaban J connectivity index is 1.97. The summed E-state index contributed by atoms with van der Waals surface area (Å²) in [4.78, 5) is 26.0. The maximum absolute atomic E-state index is 13.2. The number of rotatable bonds is 1. The monoisotopic (exact) mass is 396 g/mol. The van der Waals surface area contributed by atoms with Gasteiger partial charge in [-0.05, 0) is 11.6 Å². The third-order valence-corrected chi connectivity index (χ3v) is 4.83. The van der Waals surface area contributed by atoms with E-state index in [-0.39, 0.29) is 33.6 Å². The van der Waals surface area contributed by atoms with Crippen molar-refractivity contribution < 1.29 is 27.5 Å². The van der Waals surface area contributed by atoms with E-state index in [1.54, 1.807) is 18.2 Å². The number of nitriles is 1. The summed E-state index contributed by atoms with van der Waals surface area (Å²) in [6, 6.07) is 12.1. The van der Waals surface area contributed by atoms with Crippen LogP contribution in [0, 0.1) is 11.3 Å². The van der Waals surface area contributed by atoms with Crippen LogP contribution in [0.2, 0.25) is 0 Å². The molecule has 0 amide bonds. The van der Waals surface area contributed by atoms with Gasteiger partial charge in [0, 0.05) is 11.1 Å². The summed E-state index contributed by atoms with van der Waals surface area (Å²) in [6.07, 6.45) is -4.63. The minimum Gasteiger partial charge on any atom is -0.436 e. The van der Waals surface area contributed by atoms with E-state index in [0.717, 1.165) is 12.1 Å². The molecule has 1 heterocycles. The number of ketones is 2. The molecule has 1 aliphatic carbocycles. The second kappa shape index (κ2) is 6.34. The molecule has 0 fully saturated rings. The van der Waals surface area contributed by atoms with Crippen molar-refractivity contribution in [2.75, 3.05) is 0 Å². The van der Waals surface area contributed by atoms with Crippen molar-refractivity contribution in [1.82, 2.24) is 0 Å². The number of alkyl halides is 3. The molecular formula is C21H11F3N2O3. The second-order valence-electron chi connectivity index (χ2n) is 6.49. The molecular weight excluding hydrogens is 385 g/mol. The van der Waals surface area contributed by atoms with Gasteiger partial charge in [-0.15, -0.1) is 0 Å². The van der Waals surface area contributed by atoms with Gasteiger partial charge in [0.1, 0.15) is 11.6 Å². The highest BCUT2D eigenvalue weighted by Gasteiger charge is 2.44. The lowest BCUT2D eigenvalue weighted by atomic mass is 9.75.